The van der Waals surface area contributed by atoms with Crippen LogP contribution in [-0.4, -0.2) is 41.8 Å². The van der Waals surface area contributed by atoms with Gasteiger partial charge < -0.3 is 10.4 Å². The molecule has 118 valence electrons. The Kier molecular flexibility index (Phi) is 6.49. The molecule has 1 aliphatic rings. The van der Waals surface area contributed by atoms with Crippen molar-refractivity contribution in [3.05, 3.63) is 34.9 Å². The first-order valence-electron chi connectivity index (χ1n) is 7.92. The third kappa shape index (κ3) is 5.26. The van der Waals surface area contributed by atoms with Gasteiger partial charge in [0, 0.05) is 30.3 Å². The Hall–Kier alpha value is -0.610. The quantitative estimate of drug-likeness (QED) is 0.848. The summed E-state index contributed by atoms with van der Waals surface area (Å²) in [6.07, 6.45) is 2.35. The van der Waals surface area contributed by atoms with Crippen LogP contribution in [0.15, 0.2) is 24.3 Å². The van der Waals surface area contributed by atoms with Crippen LogP contribution in [0.3, 0.4) is 0 Å². The molecule has 1 aliphatic heterocycles. The number of aliphatic hydroxyl groups is 1. The predicted octanol–water partition coefficient (Wildman–Crippen LogP) is 2.91. The summed E-state index contributed by atoms with van der Waals surface area (Å²) in [7, 11) is 0. The molecular weight excluding hydrogens is 284 g/mol. The van der Waals surface area contributed by atoms with Crippen LogP contribution in [0.2, 0.25) is 5.02 Å². The van der Waals surface area contributed by atoms with Crippen LogP contribution in [0.4, 0.5) is 0 Å². The van der Waals surface area contributed by atoms with Crippen LogP contribution in [-0.2, 0) is 6.54 Å². The molecule has 0 spiro atoms. The van der Waals surface area contributed by atoms with Crippen molar-refractivity contribution < 1.29 is 5.11 Å². The van der Waals surface area contributed by atoms with Gasteiger partial charge in [-0.05, 0) is 56.5 Å². The van der Waals surface area contributed by atoms with Crippen LogP contribution >= 0.6 is 11.6 Å². The molecule has 3 nitrogen and oxygen atoms in total. The standard InChI is InChI=1S/C17H27ClN2O/c1-13(12-21)14(2)19-17-7-9-20(10-8-17)11-15-3-5-16(18)6-4-15/h3-6,13-14,17,19,21H,7-12H2,1-2H3. The number of likely N-dealkylation sites (tertiary alicyclic amines) is 1. The van der Waals surface area contributed by atoms with Crippen LogP contribution in [0.1, 0.15) is 32.3 Å². The zero-order valence-electron chi connectivity index (χ0n) is 13.1. The summed E-state index contributed by atoms with van der Waals surface area (Å²) in [4.78, 5) is 2.50. The normalized spacial score (nSPS) is 20.4. The zero-order chi connectivity index (χ0) is 15.2. The number of benzene rings is 1. The second-order valence-corrected chi connectivity index (χ2v) is 6.73. The Balaban J connectivity index is 1.74. The van der Waals surface area contributed by atoms with E-state index in [9.17, 15) is 5.11 Å². The van der Waals surface area contributed by atoms with E-state index in [0.717, 1.165) is 24.7 Å². The van der Waals surface area contributed by atoms with Gasteiger partial charge >= 0.3 is 0 Å². The van der Waals surface area contributed by atoms with Crippen molar-refractivity contribution in [2.45, 2.75) is 45.3 Å². The third-order valence-corrected chi connectivity index (χ3v) is 4.80. The minimum atomic E-state index is 0.254. The molecular formula is C17H27ClN2O. The van der Waals surface area contributed by atoms with Gasteiger partial charge in [0.1, 0.15) is 0 Å². The maximum absolute atomic E-state index is 9.20. The molecule has 1 heterocycles. The van der Waals surface area contributed by atoms with Crippen molar-refractivity contribution in [3.8, 4) is 0 Å². The number of hydrogen-bond acceptors (Lipinski definition) is 3. The number of rotatable bonds is 6. The molecule has 1 aromatic carbocycles. The van der Waals surface area contributed by atoms with Gasteiger partial charge in [-0.1, -0.05) is 30.7 Å². The van der Waals surface area contributed by atoms with Gasteiger partial charge in [-0.2, -0.15) is 0 Å². The topological polar surface area (TPSA) is 35.5 Å². The minimum Gasteiger partial charge on any atom is -0.396 e. The highest BCUT2D eigenvalue weighted by molar-refractivity contribution is 6.30. The van der Waals surface area contributed by atoms with Gasteiger partial charge in [-0.15, -0.1) is 0 Å². The van der Waals surface area contributed by atoms with Crippen LogP contribution in [0.5, 0.6) is 0 Å². The van der Waals surface area contributed by atoms with Gasteiger partial charge in [0.2, 0.25) is 0 Å². The van der Waals surface area contributed by atoms with Crippen LogP contribution in [0, 0.1) is 5.92 Å². The monoisotopic (exact) mass is 310 g/mol. The summed E-state index contributed by atoms with van der Waals surface area (Å²) in [5.74, 6) is 0.317. The van der Waals surface area contributed by atoms with Crippen LogP contribution in [0.25, 0.3) is 0 Å². The first-order chi connectivity index (χ1) is 10.1. The summed E-state index contributed by atoms with van der Waals surface area (Å²) < 4.78 is 0. The van der Waals surface area contributed by atoms with E-state index < -0.39 is 0 Å². The molecule has 0 aromatic heterocycles. The maximum Gasteiger partial charge on any atom is 0.0471 e. The molecule has 1 saturated heterocycles. The van der Waals surface area contributed by atoms with Gasteiger partial charge in [-0.25, -0.2) is 0 Å². The zero-order valence-corrected chi connectivity index (χ0v) is 13.8. The first-order valence-corrected chi connectivity index (χ1v) is 8.30. The van der Waals surface area contributed by atoms with E-state index in [1.807, 2.05) is 12.1 Å². The second-order valence-electron chi connectivity index (χ2n) is 6.29. The summed E-state index contributed by atoms with van der Waals surface area (Å²) >= 11 is 5.92. The van der Waals surface area contributed by atoms with Crippen molar-refractivity contribution in [1.29, 1.82) is 0 Å². The largest absolute Gasteiger partial charge is 0.396 e. The SMILES string of the molecule is CC(CO)C(C)NC1CCN(Cc2ccc(Cl)cc2)CC1. The van der Waals surface area contributed by atoms with E-state index in [-0.39, 0.29) is 6.61 Å². The average molecular weight is 311 g/mol. The highest BCUT2D eigenvalue weighted by atomic mass is 35.5. The number of halogens is 1. The minimum absolute atomic E-state index is 0.254. The molecule has 2 N–H and O–H groups in total. The summed E-state index contributed by atoms with van der Waals surface area (Å²) in [6.45, 7) is 7.77. The van der Waals surface area contributed by atoms with Crippen molar-refractivity contribution >= 4 is 11.6 Å². The molecule has 2 atom stereocenters. The summed E-state index contributed by atoms with van der Waals surface area (Å²) in [5.41, 5.74) is 1.33. The number of nitrogens with zero attached hydrogens (tertiary/aromatic N) is 1. The third-order valence-electron chi connectivity index (χ3n) is 4.55. The fourth-order valence-corrected chi connectivity index (χ4v) is 2.93. The molecule has 1 aromatic rings. The lowest BCUT2D eigenvalue weighted by Gasteiger charge is -2.35. The molecule has 0 bridgehead atoms. The molecule has 2 rings (SSSR count). The first kappa shape index (κ1) is 16.8. The van der Waals surface area contributed by atoms with Crippen molar-refractivity contribution in [2.75, 3.05) is 19.7 Å². The average Bonchev–Trinajstić information content (AvgIpc) is 2.50. The van der Waals surface area contributed by atoms with E-state index in [1.54, 1.807) is 0 Å². The lowest BCUT2D eigenvalue weighted by Crippen LogP contribution is -2.47. The summed E-state index contributed by atoms with van der Waals surface area (Å²) in [5, 5.41) is 13.7. The Morgan fingerprint density at radius 3 is 2.43 bits per heavy atom. The predicted molar refractivity (Wildman–Crippen MR) is 88.6 cm³/mol. The van der Waals surface area contributed by atoms with Crippen molar-refractivity contribution in [1.82, 2.24) is 10.2 Å². The Morgan fingerprint density at radius 1 is 1.24 bits per heavy atom. The van der Waals surface area contributed by atoms with Gasteiger partial charge in [0.15, 0.2) is 0 Å². The van der Waals surface area contributed by atoms with E-state index in [4.69, 9.17) is 11.6 Å². The van der Waals surface area contributed by atoms with E-state index in [0.29, 0.717) is 18.0 Å². The Bertz CT molecular complexity index is 415. The lowest BCUT2D eigenvalue weighted by molar-refractivity contribution is 0.161. The van der Waals surface area contributed by atoms with Gasteiger partial charge in [-0.3, -0.25) is 4.90 Å². The Labute approximate surface area is 133 Å². The Morgan fingerprint density at radius 2 is 1.86 bits per heavy atom. The van der Waals surface area contributed by atoms with E-state index in [1.165, 1.54) is 18.4 Å². The smallest absolute Gasteiger partial charge is 0.0471 e. The van der Waals surface area contributed by atoms with Crippen LogP contribution < -0.4 is 5.32 Å². The van der Waals surface area contributed by atoms with Crippen molar-refractivity contribution in [3.63, 3.8) is 0 Å². The molecule has 0 aliphatic carbocycles. The molecule has 1 fully saturated rings. The number of aliphatic hydroxyl groups excluding tert-OH is 1. The molecule has 21 heavy (non-hydrogen) atoms. The van der Waals surface area contributed by atoms with E-state index in [2.05, 4.69) is 36.2 Å². The highest BCUT2D eigenvalue weighted by Crippen LogP contribution is 2.17. The number of hydrogen-bond donors (Lipinski definition) is 2. The number of nitrogens with one attached hydrogen (secondary N) is 1. The number of piperidine rings is 1. The van der Waals surface area contributed by atoms with E-state index >= 15 is 0 Å². The molecule has 0 saturated carbocycles. The lowest BCUT2D eigenvalue weighted by atomic mass is 9.99. The molecule has 0 radical (unpaired) electrons. The van der Waals surface area contributed by atoms with Crippen molar-refractivity contribution in [2.24, 2.45) is 5.92 Å². The second kappa shape index (κ2) is 8.14. The molecule has 0 amide bonds. The fourth-order valence-electron chi connectivity index (χ4n) is 2.80. The molecule has 2 unspecified atom stereocenters. The van der Waals surface area contributed by atoms with Gasteiger partial charge in [0.25, 0.3) is 0 Å². The molecule has 4 heteroatoms. The highest BCUT2D eigenvalue weighted by Gasteiger charge is 2.22. The maximum atomic E-state index is 9.20. The van der Waals surface area contributed by atoms with Gasteiger partial charge in [0.05, 0.1) is 0 Å². The summed E-state index contributed by atoms with van der Waals surface area (Å²) in [6, 6.07) is 9.10. The fraction of sp³-hybridized carbons (Fsp3) is 0.647.